The highest BCUT2D eigenvalue weighted by atomic mass is 79.9. The molecule has 0 bridgehead atoms. The number of halogens is 1. The summed E-state index contributed by atoms with van der Waals surface area (Å²) in [4.78, 5) is 4.12. The fourth-order valence-corrected chi connectivity index (χ4v) is 1.73. The molecule has 2 rings (SSSR count). The lowest BCUT2D eigenvalue weighted by Gasteiger charge is -2.09. The first-order valence-corrected chi connectivity index (χ1v) is 5.67. The van der Waals surface area contributed by atoms with Gasteiger partial charge in [-0.05, 0) is 30.3 Å². The van der Waals surface area contributed by atoms with Gasteiger partial charge in [0.05, 0.1) is 16.9 Å². The highest BCUT2D eigenvalue weighted by Gasteiger charge is 2.05. The van der Waals surface area contributed by atoms with Gasteiger partial charge in [0.15, 0.2) is 5.82 Å². The molecular formula is C12H9BrN4. The van der Waals surface area contributed by atoms with Gasteiger partial charge >= 0.3 is 0 Å². The van der Waals surface area contributed by atoms with E-state index < -0.39 is 0 Å². The monoisotopic (exact) mass is 288 g/mol. The Balaban J connectivity index is 2.40. The number of rotatable bonds is 2. The maximum absolute atomic E-state index is 9.00. The fraction of sp³-hybridized carbons (Fsp3) is 0. The number of nitrogens with zero attached hydrogens (tertiary/aromatic N) is 2. The third kappa shape index (κ3) is 2.55. The summed E-state index contributed by atoms with van der Waals surface area (Å²) in [6.07, 6.45) is 1.64. The van der Waals surface area contributed by atoms with Crippen molar-refractivity contribution < 1.29 is 0 Å². The number of pyridine rings is 1. The zero-order valence-electron chi connectivity index (χ0n) is 8.81. The molecule has 17 heavy (non-hydrogen) atoms. The molecule has 3 N–H and O–H groups in total. The smallest absolute Gasteiger partial charge is 0.153 e. The average Bonchev–Trinajstić information content (AvgIpc) is 2.32. The van der Waals surface area contributed by atoms with Crippen molar-refractivity contribution in [3.63, 3.8) is 0 Å². The van der Waals surface area contributed by atoms with E-state index in [1.807, 2.05) is 12.1 Å². The zero-order chi connectivity index (χ0) is 12.3. The van der Waals surface area contributed by atoms with Crippen molar-refractivity contribution in [2.45, 2.75) is 0 Å². The van der Waals surface area contributed by atoms with Gasteiger partial charge in [-0.15, -0.1) is 0 Å². The molecule has 2 aromatic rings. The van der Waals surface area contributed by atoms with Gasteiger partial charge in [0.1, 0.15) is 6.07 Å². The molecule has 0 aliphatic rings. The van der Waals surface area contributed by atoms with E-state index in [1.165, 1.54) is 0 Å². The van der Waals surface area contributed by atoms with E-state index in [-0.39, 0.29) is 0 Å². The fourth-order valence-electron chi connectivity index (χ4n) is 1.37. The van der Waals surface area contributed by atoms with E-state index in [2.05, 4.69) is 32.3 Å². The van der Waals surface area contributed by atoms with Crippen LogP contribution in [0.15, 0.2) is 41.0 Å². The van der Waals surface area contributed by atoms with Crippen molar-refractivity contribution in [3.05, 3.63) is 46.6 Å². The minimum Gasteiger partial charge on any atom is -0.396 e. The molecule has 5 heteroatoms. The maximum Gasteiger partial charge on any atom is 0.153 e. The minimum absolute atomic E-state index is 0.538. The molecule has 84 valence electrons. The van der Waals surface area contributed by atoms with E-state index in [0.29, 0.717) is 22.8 Å². The lowest BCUT2D eigenvalue weighted by molar-refractivity contribution is 1.31. The Hall–Kier alpha value is -2.06. The molecular weight excluding hydrogens is 280 g/mol. The van der Waals surface area contributed by atoms with Crippen LogP contribution in [-0.2, 0) is 0 Å². The van der Waals surface area contributed by atoms with Gasteiger partial charge in [-0.1, -0.05) is 15.9 Å². The number of benzene rings is 1. The molecule has 0 saturated carbocycles. The third-order valence-electron chi connectivity index (χ3n) is 2.19. The molecule has 0 unspecified atom stereocenters. The number of aromatic nitrogens is 1. The van der Waals surface area contributed by atoms with Gasteiger partial charge in [0, 0.05) is 10.7 Å². The summed E-state index contributed by atoms with van der Waals surface area (Å²) in [7, 11) is 0. The first kappa shape index (κ1) is 11.4. The van der Waals surface area contributed by atoms with Crippen LogP contribution >= 0.6 is 15.9 Å². The standard InChI is InChI=1S/C12H9BrN4/c13-9-4-3-8(7-14)11(6-9)17-12-10(15)2-1-5-16-12/h1-6H,15H2,(H,16,17). The lowest BCUT2D eigenvalue weighted by Crippen LogP contribution is -2.00. The Labute approximate surface area is 107 Å². The van der Waals surface area contributed by atoms with Crippen LogP contribution in [0.25, 0.3) is 0 Å². The van der Waals surface area contributed by atoms with Crippen LogP contribution in [0.2, 0.25) is 0 Å². The summed E-state index contributed by atoms with van der Waals surface area (Å²) < 4.78 is 0.883. The number of anilines is 3. The highest BCUT2D eigenvalue weighted by molar-refractivity contribution is 9.10. The summed E-state index contributed by atoms with van der Waals surface area (Å²) in [6.45, 7) is 0. The number of hydrogen-bond acceptors (Lipinski definition) is 4. The SMILES string of the molecule is N#Cc1ccc(Br)cc1Nc1ncccc1N. The van der Waals surface area contributed by atoms with Crippen molar-refractivity contribution in [1.82, 2.24) is 4.98 Å². The number of nitrogens with one attached hydrogen (secondary N) is 1. The largest absolute Gasteiger partial charge is 0.396 e. The van der Waals surface area contributed by atoms with E-state index >= 15 is 0 Å². The number of hydrogen-bond donors (Lipinski definition) is 2. The molecule has 0 aliphatic heterocycles. The Morgan fingerprint density at radius 3 is 2.88 bits per heavy atom. The molecule has 0 atom stereocenters. The van der Waals surface area contributed by atoms with Gasteiger partial charge in [-0.3, -0.25) is 0 Å². The minimum atomic E-state index is 0.538. The molecule has 1 heterocycles. The lowest BCUT2D eigenvalue weighted by atomic mass is 10.2. The normalized spacial score (nSPS) is 9.65. The highest BCUT2D eigenvalue weighted by Crippen LogP contribution is 2.25. The van der Waals surface area contributed by atoms with E-state index in [4.69, 9.17) is 11.0 Å². The third-order valence-corrected chi connectivity index (χ3v) is 2.69. The number of nitrogens with two attached hydrogens (primary N) is 1. The summed E-state index contributed by atoms with van der Waals surface area (Å²) in [6, 6.07) is 11.0. The predicted molar refractivity (Wildman–Crippen MR) is 70.8 cm³/mol. The van der Waals surface area contributed by atoms with Crippen molar-refractivity contribution in [2.75, 3.05) is 11.1 Å². The van der Waals surface area contributed by atoms with E-state index in [1.54, 1.807) is 24.4 Å². The van der Waals surface area contributed by atoms with Crippen LogP contribution in [0.3, 0.4) is 0 Å². The average molecular weight is 289 g/mol. The summed E-state index contributed by atoms with van der Waals surface area (Å²) in [5.41, 5.74) is 7.53. The molecule has 4 nitrogen and oxygen atoms in total. The quantitative estimate of drug-likeness (QED) is 0.891. The van der Waals surface area contributed by atoms with Crippen LogP contribution in [-0.4, -0.2) is 4.98 Å². The number of nitriles is 1. The molecule has 1 aromatic carbocycles. The maximum atomic E-state index is 9.00. The van der Waals surface area contributed by atoms with Crippen LogP contribution in [0, 0.1) is 11.3 Å². The van der Waals surface area contributed by atoms with Crippen molar-refractivity contribution in [1.29, 1.82) is 5.26 Å². The van der Waals surface area contributed by atoms with Crippen LogP contribution < -0.4 is 11.1 Å². The topological polar surface area (TPSA) is 74.7 Å². The van der Waals surface area contributed by atoms with Gasteiger partial charge in [-0.25, -0.2) is 4.98 Å². The Morgan fingerprint density at radius 1 is 1.35 bits per heavy atom. The van der Waals surface area contributed by atoms with Crippen LogP contribution in [0.1, 0.15) is 5.56 Å². The first-order chi connectivity index (χ1) is 8.20. The zero-order valence-corrected chi connectivity index (χ0v) is 10.4. The van der Waals surface area contributed by atoms with Gasteiger partial charge in [0.25, 0.3) is 0 Å². The van der Waals surface area contributed by atoms with E-state index in [9.17, 15) is 0 Å². The molecule has 0 radical (unpaired) electrons. The molecule has 0 spiro atoms. The molecule has 0 saturated heterocycles. The second-order valence-electron chi connectivity index (χ2n) is 3.37. The summed E-state index contributed by atoms with van der Waals surface area (Å²) in [5, 5.41) is 12.0. The second-order valence-corrected chi connectivity index (χ2v) is 4.28. The molecule has 0 aliphatic carbocycles. The Bertz CT molecular complexity index is 589. The molecule has 0 amide bonds. The number of nitrogen functional groups attached to an aromatic ring is 1. The summed E-state index contributed by atoms with van der Waals surface area (Å²) >= 11 is 3.36. The first-order valence-electron chi connectivity index (χ1n) is 4.88. The van der Waals surface area contributed by atoms with E-state index in [0.717, 1.165) is 4.47 Å². The Morgan fingerprint density at radius 2 is 2.18 bits per heavy atom. The van der Waals surface area contributed by atoms with Crippen molar-refractivity contribution in [3.8, 4) is 6.07 Å². The van der Waals surface area contributed by atoms with Crippen LogP contribution in [0.5, 0.6) is 0 Å². The van der Waals surface area contributed by atoms with Gasteiger partial charge in [-0.2, -0.15) is 5.26 Å². The predicted octanol–water partition coefficient (Wildman–Crippen LogP) is 3.04. The van der Waals surface area contributed by atoms with Gasteiger partial charge in [0.2, 0.25) is 0 Å². The molecule has 1 aromatic heterocycles. The Kier molecular flexibility index (Phi) is 3.26. The molecule has 0 fully saturated rings. The van der Waals surface area contributed by atoms with Crippen molar-refractivity contribution in [2.24, 2.45) is 0 Å². The van der Waals surface area contributed by atoms with Gasteiger partial charge < -0.3 is 11.1 Å². The summed E-state index contributed by atoms with van der Waals surface area (Å²) in [5.74, 6) is 0.544. The van der Waals surface area contributed by atoms with Crippen molar-refractivity contribution >= 4 is 33.1 Å². The second kappa shape index (κ2) is 4.85. The van der Waals surface area contributed by atoms with Crippen LogP contribution in [0.4, 0.5) is 17.2 Å².